The van der Waals surface area contributed by atoms with Gasteiger partial charge in [0.05, 0.1) is 19.4 Å². The van der Waals surface area contributed by atoms with E-state index in [1.807, 2.05) is 12.1 Å². The van der Waals surface area contributed by atoms with Gasteiger partial charge in [-0.25, -0.2) is 4.79 Å². The zero-order valence-corrected chi connectivity index (χ0v) is 20.5. The highest BCUT2D eigenvalue weighted by Gasteiger charge is 2.51. The number of hydrogen-bond acceptors (Lipinski definition) is 6. The largest absolute Gasteiger partial charge is 0.486 e. The number of aliphatic carboxylic acids is 1. The standard InChI is InChI=1S/C27H36N2O6/c1-29(35-26(33)7-6-25(31)32)9-8-28-16-23(29)24(30)17-34-22-4-2-21(3-5-22)27-13-18-10-19(14-27)12-20(11-18)15-27/h2-5,18-20,23,28H,6-17H2,1H3/p+1. The summed E-state index contributed by atoms with van der Waals surface area (Å²) in [5.41, 5.74) is 1.75. The lowest BCUT2D eigenvalue weighted by atomic mass is 9.48. The van der Waals surface area contributed by atoms with E-state index in [9.17, 15) is 14.4 Å². The Morgan fingerprint density at radius 1 is 1.03 bits per heavy atom. The molecule has 0 aromatic heterocycles. The molecular weight excluding hydrogens is 448 g/mol. The van der Waals surface area contributed by atoms with Gasteiger partial charge in [0.2, 0.25) is 11.8 Å². The molecule has 4 aliphatic carbocycles. The number of ether oxygens (including phenoxy) is 1. The number of hydroxylamine groups is 3. The Balaban J connectivity index is 1.19. The molecule has 4 bridgehead atoms. The second-order valence-corrected chi connectivity index (χ2v) is 11.5. The Bertz CT molecular complexity index is 941. The number of carbonyl (C=O) groups is 3. The minimum atomic E-state index is -1.06. The topological polar surface area (TPSA) is 102 Å². The number of rotatable bonds is 9. The van der Waals surface area contributed by atoms with E-state index < -0.39 is 18.0 Å². The van der Waals surface area contributed by atoms with Crippen LogP contribution >= 0.6 is 0 Å². The number of Topliss-reactive ketones (excluding diaryl/α,β-unsaturated/α-hetero) is 1. The molecule has 5 fully saturated rings. The third-order valence-corrected chi connectivity index (χ3v) is 8.84. The first-order valence-electron chi connectivity index (χ1n) is 13.0. The zero-order valence-electron chi connectivity index (χ0n) is 20.5. The fourth-order valence-electron chi connectivity index (χ4n) is 7.52. The predicted molar refractivity (Wildman–Crippen MR) is 127 cm³/mol. The van der Waals surface area contributed by atoms with Gasteiger partial charge in [0.25, 0.3) is 0 Å². The first-order chi connectivity index (χ1) is 16.7. The van der Waals surface area contributed by atoms with E-state index in [0.29, 0.717) is 30.8 Å². The molecule has 0 radical (unpaired) electrons. The van der Waals surface area contributed by atoms with E-state index in [1.165, 1.54) is 44.1 Å². The summed E-state index contributed by atoms with van der Waals surface area (Å²) in [6.45, 7) is 1.29. The highest BCUT2D eigenvalue weighted by molar-refractivity contribution is 5.85. The number of nitrogens with zero attached hydrogens (tertiary/aromatic N) is 1. The monoisotopic (exact) mass is 485 g/mol. The van der Waals surface area contributed by atoms with Gasteiger partial charge in [-0.1, -0.05) is 12.1 Å². The number of carboxylic acid groups (broad SMARTS) is 1. The van der Waals surface area contributed by atoms with Crippen LogP contribution in [0.3, 0.4) is 0 Å². The number of likely N-dealkylation sites (N-methyl/N-ethyl adjacent to an activating group) is 1. The molecule has 1 saturated heterocycles. The van der Waals surface area contributed by atoms with Crippen LogP contribution in [0.2, 0.25) is 0 Å². The number of hydrogen-bond donors (Lipinski definition) is 2. The highest BCUT2D eigenvalue weighted by atomic mass is 16.7. The van der Waals surface area contributed by atoms with E-state index in [1.54, 1.807) is 7.05 Å². The highest BCUT2D eigenvalue weighted by Crippen LogP contribution is 2.60. The van der Waals surface area contributed by atoms with Gasteiger partial charge in [-0.05, 0) is 79.4 Å². The molecule has 190 valence electrons. The average molecular weight is 486 g/mol. The molecule has 2 N–H and O–H groups in total. The zero-order chi connectivity index (χ0) is 24.6. The lowest BCUT2D eigenvalue weighted by Crippen LogP contribution is -2.66. The van der Waals surface area contributed by atoms with Crippen LogP contribution < -0.4 is 10.1 Å². The lowest BCUT2D eigenvalue weighted by Gasteiger charge is -2.57. The van der Waals surface area contributed by atoms with Crippen molar-refractivity contribution >= 4 is 17.7 Å². The van der Waals surface area contributed by atoms with Crippen LogP contribution in [0, 0.1) is 17.8 Å². The number of nitrogens with one attached hydrogen (secondary N) is 1. The van der Waals surface area contributed by atoms with Gasteiger partial charge in [-0.15, -0.1) is 4.65 Å². The number of carbonyl (C=O) groups excluding carboxylic acids is 2. The van der Waals surface area contributed by atoms with Crippen molar-refractivity contribution in [3.8, 4) is 5.75 Å². The van der Waals surface area contributed by atoms with Gasteiger partial charge in [0, 0.05) is 6.54 Å². The van der Waals surface area contributed by atoms with Crippen LogP contribution in [-0.4, -0.2) is 66.8 Å². The van der Waals surface area contributed by atoms with Crippen LogP contribution in [-0.2, 0) is 24.6 Å². The third-order valence-electron chi connectivity index (χ3n) is 8.84. The van der Waals surface area contributed by atoms with Crippen LogP contribution in [0.15, 0.2) is 24.3 Å². The molecule has 1 aromatic carbocycles. The molecule has 2 unspecified atom stereocenters. The van der Waals surface area contributed by atoms with Crippen molar-refractivity contribution in [1.82, 2.24) is 5.32 Å². The fourth-order valence-corrected chi connectivity index (χ4v) is 7.52. The lowest BCUT2D eigenvalue weighted by molar-refractivity contribution is -1.09. The fraction of sp³-hybridized carbons (Fsp3) is 0.667. The molecule has 6 rings (SSSR count). The number of benzene rings is 1. The van der Waals surface area contributed by atoms with Crippen LogP contribution in [0.25, 0.3) is 0 Å². The molecule has 2 atom stereocenters. The molecular formula is C27H37N2O6+. The summed E-state index contributed by atoms with van der Waals surface area (Å²) >= 11 is 0. The molecule has 1 aliphatic heterocycles. The Morgan fingerprint density at radius 2 is 1.66 bits per heavy atom. The van der Waals surface area contributed by atoms with Gasteiger partial charge in [-0.2, -0.15) is 0 Å². The third kappa shape index (κ3) is 5.09. The van der Waals surface area contributed by atoms with Gasteiger partial charge in [-0.3, -0.25) is 14.4 Å². The molecule has 8 heteroatoms. The summed E-state index contributed by atoms with van der Waals surface area (Å²) in [6, 6.07) is 7.75. The summed E-state index contributed by atoms with van der Waals surface area (Å²) in [7, 11) is 1.70. The molecule has 5 aliphatic rings. The number of carboxylic acids is 1. The molecule has 0 spiro atoms. The summed E-state index contributed by atoms with van der Waals surface area (Å²) < 4.78 is 5.67. The minimum absolute atomic E-state index is 0.108. The summed E-state index contributed by atoms with van der Waals surface area (Å²) in [6.07, 6.45) is 7.69. The maximum Gasteiger partial charge on any atom is 0.367 e. The van der Waals surface area contributed by atoms with Crippen molar-refractivity contribution in [1.29, 1.82) is 0 Å². The number of piperazine rings is 1. The Morgan fingerprint density at radius 3 is 2.26 bits per heavy atom. The van der Waals surface area contributed by atoms with Gasteiger partial charge >= 0.3 is 11.9 Å². The molecule has 1 aromatic rings. The number of ketones is 1. The Kier molecular flexibility index (Phi) is 6.61. The smallest absolute Gasteiger partial charge is 0.367 e. The van der Waals surface area contributed by atoms with E-state index >= 15 is 0 Å². The Hall–Kier alpha value is -2.45. The predicted octanol–water partition coefficient (Wildman–Crippen LogP) is 2.84. The van der Waals surface area contributed by atoms with Gasteiger partial charge < -0.3 is 15.2 Å². The average Bonchev–Trinajstić information content (AvgIpc) is 2.81. The number of quaternary nitrogens is 1. The Labute approximate surface area is 206 Å². The molecule has 8 nitrogen and oxygen atoms in total. The quantitative estimate of drug-likeness (QED) is 0.519. The van der Waals surface area contributed by atoms with Crippen LogP contribution in [0.4, 0.5) is 0 Å². The molecule has 35 heavy (non-hydrogen) atoms. The van der Waals surface area contributed by atoms with E-state index in [0.717, 1.165) is 17.8 Å². The van der Waals surface area contributed by atoms with Crippen molar-refractivity contribution < 1.29 is 33.7 Å². The van der Waals surface area contributed by atoms with Crippen molar-refractivity contribution in [3.63, 3.8) is 0 Å². The first kappa shape index (κ1) is 24.3. The summed E-state index contributed by atoms with van der Waals surface area (Å²) in [4.78, 5) is 41.6. The molecule has 1 heterocycles. The maximum absolute atomic E-state index is 13.1. The summed E-state index contributed by atoms with van der Waals surface area (Å²) in [5.74, 6) is 1.52. The van der Waals surface area contributed by atoms with E-state index in [-0.39, 0.29) is 29.9 Å². The second kappa shape index (κ2) is 9.54. The maximum atomic E-state index is 13.1. The minimum Gasteiger partial charge on any atom is -0.486 e. The van der Waals surface area contributed by atoms with Crippen molar-refractivity contribution in [3.05, 3.63) is 29.8 Å². The van der Waals surface area contributed by atoms with E-state index in [2.05, 4.69) is 17.4 Å². The van der Waals surface area contributed by atoms with Crippen molar-refractivity contribution in [2.45, 2.75) is 62.8 Å². The van der Waals surface area contributed by atoms with Crippen LogP contribution in [0.5, 0.6) is 5.75 Å². The summed E-state index contributed by atoms with van der Waals surface area (Å²) in [5, 5.41) is 12.0. The van der Waals surface area contributed by atoms with Crippen molar-refractivity contribution in [2.75, 3.05) is 33.3 Å². The first-order valence-corrected chi connectivity index (χ1v) is 13.0. The second-order valence-electron chi connectivity index (χ2n) is 11.5. The van der Waals surface area contributed by atoms with E-state index in [4.69, 9.17) is 14.7 Å². The van der Waals surface area contributed by atoms with Gasteiger partial charge in [0.1, 0.15) is 19.3 Å². The molecule has 0 amide bonds. The SMILES string of the molecule is C[N+]1(OC(=O)CCC(=O)O)CCNCC1C(=O)COc1ccc(C23CC4CC(CC(C4)C2)C3)cc1. The van der Waals surface area contributed by atoms with Gasteiger partial charge in [0.15, 0.2) is 6.61 Å². The normalized spacial score (nSPS) is 35.5. The molecule has 4 saturated carbocycles. The van der Waals surface area contributed by atoms with Crippen molar-refractivity contribution in [2.24, 2.45) is 17.8 Å². The van der Waals surface area contributed by atoms with Crippen LogP contribution in [0.1, 0.15) is 56.9 Å².